The zero-order chi connectivity index (χ0) is 15.1. The van der Waals surface area contributed by atoms with Gasteiger partial charge in [0.2, 0.25) is 0 Å². The lowest BCUT2D eigenvalue weighted by atomic mass is 10.2. The Bertz CT molecular complexity index is 121. The van der Waals surface area contributed by atoms with Gasteiger partial charge in [0.05, 0.1) is 26.4 Å². The Balaban J connectivity index is -0.000000219. The van der Waals surface area contributed by atoms with E-state index in [4.69, 9.17) is 40.9 Å². The Labute approximate surface area is 128 Å². The topological polar surface area (TPSA) is 162 Å². The monoisotopic (exact) mass is 498 g/mol. The van der Waals surface area contributed by atoms with E-state index in [9.17, 15) is 0 Å². The fourth-order valence-corrected chi connectivity index (χ4v) is 0.487. The lowest BCUT2D eigenvalue weighted by Gasteiger charge is -2.10. The van der Waals surface area contributed by atoms with Crippen molar-refractivity contribution in [3.63, 3.8) is 0 Å². The van der Waals surface area contributed by atoms with Crippen LogP contribution in [0, 0.1) is 0 Å². The van der Waals surface area contributed by atoms with Gasteiger partial charge < -0.3 is 40.9 Å². The summed E-state index contributed by atoms with van der Waals surface area (Å²) in [5.74, 6) is 0. The van der Waals surface area contributed by atoms with Crippen LogP contribution in [0.1, 0.15) is 0 Å². The molecule has 0 saturated heterocycles. The van der Waals surface area contributed by atoms with Crippen molar-refractivity contribution < 1.29 is 40.9 Å². The largest absolute Gasteiger partial charge is 0.394 e. The summed E-state index contributed by atoms with van der Waals surface area (Å²) in [6.07, 6.45) is -4.89. The second-order valence-electron chi connectivity index (χ2n) is 3.00. The highest BCUT2D eigenvalue weighted by Crippen LogP contribution is 1.89. The number of hydrogen-bond acceptors (Lipinski definition) is 8. The predicted octanol–water partition coefficient (Wildman–Crippen LogP) is -2.84. The first-order chi connectivity index (χ1) is 8.44. The summed E-state index contributed by atoms with van der Waals surface area (Å²) in [7, 11) is 0. The molecule has 0 bridgehead atoms. The normalized spacial score (nSPS) is 16.3. The van der Waals surface area contributed by atoms with Crippen LogP contribution in [0.4, 0.5) is 0 Å². The van der Waals surface area contributed by atoms with Gasteiger partial charge >= 0.3 is 0 Å². The zero-order valence-corrected chi connectivity index (χ0v) is 13.8. The number of halogens is 2. The smallest absolute Gasteiger partial charge is 0.105 e. The summed E-state index contributed by atoms with van der Waals surface area (Å²) in [5, 5.41) is 66.3. The molecule has 0 heterocycles. The van der Waals surface area contributed by atoms with Crippen molar-refractivity contribution in [2.24, 2.45) is 0 Å². The lowest BCUT2D eigenvalue weighted by Crippen LogP contribution is -2.31. The maximum Gasteiger partial charge on any atom is 0.105 e. The Morgan fingerprint density at radius 2 is 0.611 bits per heavy atom. The molecule has 0 aromatic heterocycles. The quantitative estimate of drug-likeness (QED) is 0.182. The molecule has 0 aliphatic rings. The van der Waals surface area contributed by atoms with Crippen LogP contribution in [-0.2, 0) is 0 Å². The molecule has 4 unspecified atom stereocenters. The molecule has 0 rings (SSSR count). The molecule has 10 heteroatoms. The van der Waals surface area contributed by atoms with Crippen LogP contribution in [-0.4, -0.2) is 91.7 Å². The van der Waals surface area contributed by atoms with Crippen molar-refractivity contribution in [3.05, 3.63) is 0 Å². The molecule has 0 fully saturated rings. The minimum atomic E-state index is -1.22. The Morgan fingerprint density at radius 3 is 0.667 bits per heavy atom. The predicted molar refractivity (Wildman–Crippen MR) is 80.4 cm³/mol. The van der Waals surface area contributed by atoms with E-state index in [2.05, 4.69) is 37.2 Å². The second-order valence-corrected chi connectivity index (χ2v) is 3.00. The summed E-state index contributed by atoms with van der Waals surface area (Å²) < 4.78 is 0. The number of rotatable bonds is 6. The fourth-order valence-electron chi connectivity index (χ4n) is 0.487. The van der Waals surface area contributed by atoms with Gasteiger partial charge in [0.1, 0.15) is 24.4 Å². The van der Waals surface area contributed by atoms with E-state index in [1.165, 1.54) is 0 Å². The third-order valence-corrected chi connectivity index (χ3v) is 1.64. The molecule has 0 aliphatic carbocycles. The first kappa shape index (κ1) is 24.2. The van der Waals surface area contributed by atoms with Crippen LogP contribution >= 0.6 is 37.2 Å². The maximum atomic E-state index is 8.47. The van der Waals surface area contributed by atoms with E-state index in [0.29, 0.717) is 0 Å². The van der Waals surface area contributed by atoms with Crippen molar-refractivity contribution in [1.82, 2.24) is 0 Å². The summed E-state index contributed by atoms with van der Waals surface area (Å²) in [6, 6.07) is 0. The molecule has 0 aliphatic heterocycles. The molecular weight excluding hydrogens is 478 g/mol. The summed E-state index contributed by atoms with van der Waals surface area (Å²) >= 11 is 4.24. The standard InChI is InChI=1S/2C4H10O4.I2/c2*5-1-3(7)4(8)2-6;1-2/h2*3-8H,1-2H2;. The van der Waals surface area contributed by atoms with Gasteiger partial charge in [-0.25, -0.2) is 0 Å². The van der Waals surface area contributed by atoms with Crippen molar-refractivity contribution >= 4 is 37.2 Å². The van der Waals surface area contributed by atoms with Crippen LogP contribution in [0.15, 0.2) is 0 Å². The molecule has 0 aromatic rings. The average Bonchev–Trinajstić information content (AvgIpc) is 2.46. The Morgan fingerprint density at radius 1 is 0.500 bits per heavy atom. The van der Waals surface area contributed by atoms with Gasteiger partial charge in [0.15, 0.2) is 0 Å². The van der Waals surface area contributed by atoms with Crippen molar-refractivity contribution in [2.75, 3.05) is 26.4 Å². The lowest BCUT2D eigenvalue weighted by molar-refractivity contribution is -0.0388. The van der Waals surface area contributed by atoms with E-state index in [0.717, 1.165) is 0 Å². The molecule has 8 nitrogen and oxygen atoms in total. The molecule has 0 saturated carbocycles. The minimum absolute atomic E-state index is 0.526. The molecular formula is C8H20I2O8. The second kappa shape index (κ2) is 18.1. The van der Waals surface area contributed by atoms with Crippen LogP contribution in [0.2, 0.25) is 0 Å². The highest BCUT2D eigenvalue weighted by molar-refractivity contribution is 15.0. The third kappa shape index (κ3) is 15.2. The number of hydrogen-bond donors (Lipinski definition) is 8. The van der Waals surface area contributed by atoms with Crippen molar-refractivity contribution in [3.8, 4) is 0 Å². The first-order valence-corrected chi connectivity index (χ1v) is 11.0. The van der Waals surface area contributed by atoms with E-state index in [1.807, 2.05) is 0 Å². The number of aliphatic hydroxyl groups is 8. The van der Waals surface area contributed by atoms with Crippen LogP contribution < -0.4 is 0 Å². The summed E-state index contributed by atoms with van der Waals surface area (Å²) in [5.41, 5.74) is 0. The summed E-state index contributed by atoms with van der Waals surface area (Å²) in [4.78, 5) is 0. The van der Waals surface area contributed by atoms with Gasteiger partial charge in [-0.1, -0.05) is 0 Å². The van der Waals surface area contributed by atoms with Gasteiger partial charge in [-0.05, 0) is 0 Å². The molecule has 0 aromatic carbocycles. The maximum absolute atomic E-state index is 8.47. The van der Waals surface area contributed by atoms with E-state index >= 15 is 0 Å². The number of aliphatic hydroxyl groups excluding tert-OH is 8. The third-order valence-electron chi connectivity index (χ3n) is 1.64. The Kier molecular flexibility index (Phi) is 24.4. The average molecular weight is 498 g/mol. The van der Waals surface area contributed by atoms with E-state index in [-0.39, 0.29) is 0 Å². The Hall–Kier alpha value is 1.14. The summed E-state index contributed by atoms with van der Waals surface area (Å²) in [6.45, 7) is -2.10. The van der Waals surface area contributed by atoms with E-state index < -0.39 is 50.8 Å². The first-order valence-electron chi connectivity index (χ1n) is 4.74. The van der Waals surface area contributed by atoms with E-state index in [1.54, 1.807) is 0 Å². The molecule has 8 N–H and O–H groups in total. The van der Waals surface area contributed by atoms with Gasteiger partial charge in [-0.2, -0.15) is 0 Å². The van der Waals surface area contributed by atoms with Crippen molar-refractivity contribution in [1.29, 1.82) is 0 Å². The van der Waals surface area contributed by atoms with Crippen molar-refractivity contribution in [2.45, 2.75) is 24.4 Å². The van der Waals surface area contributed by atoms with Gasteiger partial charge in [0, 0.05) is 37.2 Å². The molecule has 0 amide bonds. The van der Waals surface area contributed by atoms with Gasteiger partial charge in [-0.3, -0.25) is 0 Å². The molecule has 0 spiro atoms. The van der Waals surface area contributed by atoms with Gasteiger partial charge in [-0.15, -0.1) is 0 Å². The molecule has 114 valence electrons. The highest BCUT2D eigenvalue weighted by atomic mass is 128. The van der Waals surface area contributed by atoms with Crippen LogP contribution in [0.5, 0.6) is 0 Å². The van der Waals surface area contributed by atoms with Crippen LogP contribution in [0.25, 0.3) is 0 Å². The molecule has 4 atom stereocenters. The fraction of sp³-hybridized carbons (Fsp3) is 1.00. The molecule has 0 radical (unpaired) electrons. The minimum Gasteiger partial charge on any atom is -0.394 e. The van der Waals surface area contributed by atoms with Gasteiger partial charge in [0.25, 0.3) is 0 Å². The highest BCUT2D eigenvalue weighted by Gasteiger charge is 2.12. The molecule has 18 heavy (non-hydrogen) atoms. The van der Waals surface area contributed by atoms with Crippen LogP contribution in [0.3, 0.4) is 0 Å². The zero-order valence-electron chi connectivity index (χ0n) is 9.47. The SMILES string of the molecule is II.OCC(O)C(O)CO.OCC(O)C(O)CO.